The molecule has 0 saturated carbocycles. The average molecular weight is 236 g/mol. The molecule has 0 aromatic carbocycles. The summed E-state index contributed by atoms with van der Waals surface area (Å²) in [6.45, 7) is 3.57. The Morgan fingerprint density at radius 2 is 2.43 bits per heavy atom. The van der Waals surface area contributed by atoms with Crippen LogP contribution in [0.3, 0.4) is 0 Å². The molecule has 1 unspecified atom stereocenters. The third-order valence-corrected chi connectivity index (χ3v) is 3.04. The summed E-state index contributed by atoms with van der Waals surface area (Å²) < 4.78 is 18.0. The summed E-state index contributed by atoms with van der Waals surface area (Å²) in [5, 5.41) is 8.13. The number of carbonyl (C=O) groups excluding carboxylic acids is 1. The molecule has 0 N–H and O–H groups in total. The van der Waals surface area contributed by atoms with Crippen LogP contribution in [-0.4, -0.2) is 28.3 Å². The minimum absolute atomic E-state index is 0.176. The lowest BCUT2D eigenvalue weighted by molar-refractivity contribution is -0.145. The highest BCUT2D eigenvalue weighted by molar-refractivity contribution is 8.02. The van der Waals surface area contributed by atoms with Crippen LogP contribution in [0.25, 0.3) is 0 Å². The fourth-order valence-electron chi connectivity index (χ4n) is 0.670. The molecule has 0 aliphatic rings. The van der Waals surface area contributed by atoms with E-state index in [4.69, 9.17) is 0 Å². The zero-order valence-corrected chi connectivity index (χ0v) is 9.32. The van der Waals surface area contributed by atoms with Crippen LogP contribution in [0, 0.1) is 6.92 Å². The normalized spacial score (nSPS) is 12.5. The minimum atomic E-state index is -1.72. The summed E-state index contributed by atoms with van der Waals surface area (Å²) in [6, 6.07) is 0. The van der Waals surface area contributed by atoms with Gasteiger partial charge in [0.15, 0.2) is 4.34 Å². The lowest BCUT2D eigenvalue weighted by Crippen LogP contribution is -2.15. The summed E-state index contributed by atoms with van der Waals surface area (Å²) in [5.74, 6) is -0.870. The van der Waals surface area contributed by atoms with Crippen LogP contribution in [0.2, 0.25) is 0 Å². The molecule has 0 radical (unpaired) electrons. The van der Waals surface area contributed by atoms with E-state index < -0.39 is 11.5 Å². The Kier molecular flexibility index (Phi) is 4.27. The SMILES string of the molecule is CCOC(=O)C(F)Sc1nnc(C)s1. The van der Waals surface area contributed by atoms with Crippen molar-refractivity contribution in [3.63, 3.8) is 0 Å². The molecule has 1 rings (SSSR count). The van der Waals surface area contributed by atoms with E-state index in [9.17, 15) is 9.18 Å². The Bertz CT molecular complexity index is 318. The molecule has 1 aromatic rings. The molecule has 0 spiro atoms. The average Bonchev–Trinajstić information content (AvgIpc) is 2.51. The van der Waals surface area contributed by atoms with E-state index >= 15 is 0 Å². The van der Waals surface area contributed by atoms with Crippen LogP contribution in [0.5, 0.6) is 0 Å². The van der Waals surface area contributed by atoms with Crippen LogP contribution >= 0.6 is 23.1 Å². The lowest BCUT2D eigenvalue weighted by Gasteiger charge is -2.03. The molecule has 14 heavy (non-hydrogen) atoms. The molecular weight excluding hydrogens is 227 g/mol. The first-order valence-electron chi connectivity index (χ1n) is 3.91. The second-order valence-corrected chi connectivity index (χ2v) is 4.75. The van der Waals surface area contributed by atoms with Crippen molar-refractivity contribution < 1.29 is 13.9 Å². The van der Waals surface area contributed by atoms with E-state index in [0.717, 1.165) is 5.01 Å². The Morgan fingerprint density at radius 1 is 1.71 bits per heavy atom. The molecule has 1 atom stereocenters. The number of halogens is 1. The number of alkyl halides is 1. The smallest absolute Gasteiger partial charge is 0.351 e. The molecular formula is C7H9FN2O2S2. The maximum Gasteiger partial charge on any atom is 0.351 e. The zero-order valence-electron chi connectivity index (χ0n) is 7.69. The van der Waals surface area contributed by atoms with E-state index in [1.54, 1.807) is 13.8 Å². The zero-order chi connectivity index (χ0) is 10.6. The number of thioether (sulfide) groups is 1. The molecule has 1 heterocycles. The third kappa shape index (κ3) is 3.22. The number of nitrogens with zero attached hydrogens (tertiary/aromatic N) is 2. The first-order chi connectivity index (χ1) is 6.63. The Morgan fingerprint density at radius 3 is 2.93 bits per heavy atom. The number of rotatable bonds is 4. The Hall–Kier alpha value is -0.690. The first kappa shape index (κ1) is 11.4. The summed E-state index contributed by atoms with van der Waals surface area (Å²) >= 11 is 1.96. The third-order valence-electron chi connectivity index (χ3n) is 1.18. The largest absolute Gasteiger partial charge is 0.463 e. The van der Waals surface area contributed by atoms with Gasteiger partial charge in [-0.05, 0) is 25.6 Å². The summed E-state index contributed by atoms with van der Waals surface area (Å²) in [6.07, 6.45) is 0. The van der Waals surface area contributed by atoms with Crippen molar-refractivity contribution >= 4 is 29.1 Å². The van der Waals surface area contributed by atoms with Gasteiger partial charge in [-0.2, -0.15) is 0 Å². The molecule has 7 heteroatoms. The number of ether oxygens (including phenoxy) is 1. The van der Waals surface area contributed by atoms with Crippen molar-refractivity contribution in [2.75, 3.05) is 6.61 Å². The topological polar surface area (TPSA) is 52.1 Å². The monoisotopic (exact) mass is 236 g/mol. The van der Waals surface area contributed by atoms with Crippen LogP contribution < -0.4 is 0 Å². The molecule has 4 nitrogen and oxygen atoms in total. The summed E-state index contributed by atoms with van der Waals surface area (Å²) in [5.41, 5.74) is -1.72. The standard InChI is InChI=1S/C7H9FN2O2S2/c1-3-12-6(11)5(8)14-7-10-9-4(2)13-7/h5H,3H2,1-2H3. The van der Waals surface area contributed by atoms with Gasteiger partial charge in [-0.1, -0.05) is 11.3 Å². The molecule has 0 fully saturated rings. The van der Waals surface area contributed by atoms with E-state index in [2.05, 4.69) is 14.9 Å². The number of carbonyl (C=O) groups is 1. The van der Waals surface area contributed by atoms with Crippen molar-refractivity contribution in [1.29, 1.82) is 0 Å². The van der Waals surface area contributed by atoms with Gasteiger partial charge in [0, 0.05) is 0 Å². The maximum atomic E-state index is 13.1. The maximum absolute atomic E-state index is 13.1. The molecule has 0 aliphatic heterocycles. The van der Waals surface area contributed by atoms with Gasteiger partial charge in [-0.15, -0.1) is 10.2 Å². The lowest BCUT2D eigenvalue weighted by atomic mass is 10.7. The highest BCUT2D eigenvalue weighted by Crippen LogP contribution is 2.27. The van der Waals surface area contributed by atoms with Gasteiger partial charge in [-0.25, -0.2) is 9.18 Å². The van der Waals surface area contributed by atoms with E-state index in [1.807, 2.05) is 0 Å². The van der Waals surface area contributed by atoms with E-state index in [-0.39, 0.29) is 6.61 Å². The van der Waals surface area contributed by atoms with Crippen molar-refractivity contribution in [2.45, 2.75) is 23.7 Å². The van der Waals surface area contributed by atoms with Gasteiger partial charge in [-0.3, -0.25) is 0 Å². The van der Waals surface area contributed by atoms with Crippen LogP contribution in [0.15, 0.2) is 4.34 Å². The Balaban J connectivity index is 2.48. The van der Waals surface area contributed by atoms with Gasteiger partial charge in [0.25, 0.3) is 0 Å². The predicted molar refractivity (Wildman–Crippen MR) is 52.0 cm³/mol. The van der Waals surface area contributed by atoms with Gasteiger partial charge in [0.05, 0.1) is 6.61 Å². The molecule has 1 aromatic heterocycles. The number of hydrogen-bond donors (Lipinski definition) is 0. The molecule has 0 saturated heterocycles. The van der Waals surface area contributed by atoms with Gasteiger partial charge in [0.2, 0.25) is 5.50 Å². The van der Waals surface area contributed by atoms with Crippen LogP contribution in [0.1, 0.15) is 11.9 Å². The molecule has 0 amide bonds. The predicted octanol–water partition coefficient (Wildman–Crippen LogP) is 1.80. The van der Waals surface area contributed by atoms with Gasteiger partial charge < -0.3 is 4.74 Å². The summed E-state index contributed by atoms with van der Waals surface area (Å²) in [4.78, 5) is 10.9. The fourth-order valence-corrected chi connectivity index (χ4v) is 2.32. The van der Waals surface area contributed by atoms with Gasteiger partial charge >= 0.3 is 5.97 Å². The number of esters is 1. The highest BCUT2D eigenvalue weighted by atomic mass is 32.2. The van der Waals surface area contributed by atoms with Crippen molar-refractivity contribution in [3.05, 3.63) is 5.01 Å². The number of hydrogen-bond acceptors (Lipinski definition) is 6. The summed E-state index contributed by atoms with van der Waals surface area (Å²) in [7, 11) is 0. The van der Waals surface area contributed by atoms with Crippen molar-refractivity contribution in [2.24, 2.45) is 0 Å². The second kappa shape index (κ2) is 5.26. The number of aryl methyl sites for hydroxylation is 1. The van der Waals surface area contributed by atoms with Gasteiger partial charge in [0.1, 0.15) is 5.01 Å². The minimum Gasteiger partial charge on any atom is -0.463 e. The van der Waals surface area contributed by atoms with Crippen LogP contribution in [0.4, 0.5) is 4.39 Å². The molecule has 0 bridgehead atoms. The van der Waals surface area contributed by atoms with Crippen molar-refractivity contribution in [3.8, 4) is 0 Å². The van der Waals surface area contributed by atoms with E-state index in [0.29, 0.717) is 16.1 Å². The Labute approximate surface area is 88.9 Å². The highest BCUT2D eigenvalue weighted by Gasteiger charge is 2.21. The fraction of sp³-hybridized carbons (Fsp3) is 0.571. The van der Waals surface area contributed by atoms with Crippen molar-refractivity contribution in [1.82, 2.24) is 10.2 Å². The molecule has 0 aliphatic carbocycles. The van der Waals surface area contributed by atoms with Crippen LogP contribution in [-0.2, 0) is 9.53 Å². The first-order valence-corrected chi connectivity index (χ1v) is 5.60. The molecule has 78 valence electrons. The second-order valence-electron chi connectivity index (χ2n) is 2.27. The van der Waals surface area contributed by atoms with E-state index in [1.165, 1.54) is 11.3 Å². The number of aromatic nitrogens is 2. The quantitative estimate of drug-likeness (QED) is 0.589.